The van der Waals surface area contributed by atoms with E-state index in [0.717, 1.165) is 29.3 Å². The fraction of sp³-hybridized carbons (Fsp3) is 0.125. The van der Waals surface area contributed by atoms with E-state index in [1.165, 1.54) is 11.1 Å². The Balaban J connectivity index is 1.53. The van der Waals surface area contributed by atoms with Gasteiger partial charge in [0.25, 0.3) is 15.9 Å². The van der Waals surface area contributed by atoms with Crippen molar-refractivity contribution in [1.29, 1.82) is 0 Å². The quantitative estimate of drug-likeness (QED) is 0.537. The third kappa shape index (κ3) is 2.22. The predicted molar refractivity (Wildman–Crippen MR) is 119 cm³/mol. The van der Waals surface area contributed by atoms with E-state index < -0.39 is 10.0 Å². The van der Waals surface area contributed by atoms with Crippen LogP contribution in [-0.2, 0) is 22.9 Å². The molecule has 1 heterocycles. The van der Waals surface area contributed by atoms with E-state index in [1.807, 2.05) is 24.3 Å². The van der Waals surface area contributed by atoms with E-state index in [2.05, 4.69) is 10.8 Å². The monoisotopic (exact) mass is 414 g/mol. The summed E-state index contributed by atoms with van der Waals surface area (Å²) >= 11 is 0. The van der Waals surface area contributed by atoms with Crippen LogP contribution in [-0.4, -0.2) is 21.4 Å². The van der Waals surface area contributed by atoms with Crippen LogP contribution in [0, 0.1) is 0 Å². The average Bonchev–Trinajstić information content (AvgIpc) is 3.27. The second-order valence-corrected chi connectivity index (χ2v) is 9.54. The van der Waals surface area contributed by atoms with E-state index >= 15 is 0 Å². The van der Waals surface area contributed by atoms with Crippen LogP contribution in [0.4, 0.5) is 11.4 Å². The van der Waals surface area contributed by atoms with Gasteiger partial charge in [-0.2, -0.15) is 0 Å². The van der Waals surface area contributed by atoms with E-state index in [1.54, 1.807) is 42.3 Å². The minimum Gasteiger partial charge on any atom is -0.311 e. The van der Waals surface area contributed by atoms with Crippen molar-refractivity contribution < 1.29 is 13.2 Å². The Kier molecular flexibility index (Phi) is 3.40. The molecule has 0 atom stereocenters. The maximum Gasteiger partial charge on any atom is 0.262 e. The number of aryl methyl sites for hydroxylation is 2. The lowest BCUT2D eigenvalue weighted by Crippen LogP contribution is -2.20. The highest BCUT2D eigenvalue weighted by Crippen LogP contribution is 2.40. The Morgan fingerprint density at radius 1 is 0.833 bits per heavy atom. The number of hydrogen-bond donors (Lipinski definition) is 1. The van der Waals surface area contributed by atoms with Gasteiger partial charge in [0.15, 0.2) is 0 Å². The maximum atomic E-state index is 13.4. The molecule has 1 aliphatic heterocycles. The summed E-state index contributed by atoms with van der Waals surface area (Å²) in [5, 5.41) is 3.33. The van der Waals surface area contributed by atoms with Gasteiger partial charge in [-0.3, -0.25) is 9.52 Å². The molecule has 0 radical (unpaired) electrons. The highest BCUT2D eigenvalue weighted by Gasteiger charge is 2.30. The summed E-state index contributed by atoms with van der Waals surface area (Å²) in [7, 11) is -2.15. The van der Waals surface area contributed by atoms with Crippen molar-refractivity contribution in [3.63, 3.8) is 0 Å². The molecule has 1 aliphatic carbocycles. The smallest absolute Gasteiger partial charge is 0.262 e. The van der Waals surface area contributed by atoms with Crippen LogP contribution < -0.4 is 9.62 Å². The molecule has 148 valence electrons. The number of benzene rings is 4. The van der Waals surface area contributed by atoms with Gasteiger partial charge in [-0.25, -0.2) is 8.42 Å². The molecule has 1 N–H and O–H groups in total. The van der Waals surface area contributed by atoms with Crippen LogP contribution in [0.2, 0.25) is 0 Å². The highest BCUT2D eigenvalue weighted by molar-refractivity contribution is 7.93. The Labute approximate surface area is 174 Å². The third-order valence-electron chi connectivity index (χ3n) is 6.29. The zero-order valence-electron chi connectivity index (χ0n) is 16.3. The number of amides is 1. The van der Waals surface area contributed by atoms with Crippen molar-refractivity contribution in [2.75, 3.05) is 16.7 Å². The highest BCUT2D eigenvalue weighted by atomic mass is 32.2. The van der Waals surface area contributed by atoms with Gasteiger partial charge >= 0.3 is 0 Å². The van der Waals surface area contributed by atoms with Crippen molar-refractivity contribution in [1.82, 2.24) is 0 Å². The number of nitrogens with zero attached hydrogens (tertiary/aromatic N) is 1. The van der Waals surface area contributed by atoms with Gasteiger partial charge in [0.2, 0.25) is 0 Å². The molecule has 4 aromatic carbocycles. The van der Waals surface area contributed by atoms with Crippen LogP contribution in [0.1, 0.15) is 21.5 Å². The Bertz CT molecular complexity index is 1510. The largest absolute Gasteiger partial charge is 0.311 e. The van der Waals surface area contributed by atoms with Crippen molar-refractivity contribution in [3.05, 3.63) is 77.4 Å². The summed E-state index contributed by atoms with van der Waals surface area (Å²) in [6.07, 6.45) is 1.97. The van der Waals surface area contributed by atoms with Crippen LogP contribution in [0.25, 0.3) is 21.5 Å². The van der Waals surface area contributed by atoms with Gasteiger partial charge in [0, 0.05) is 28.8 Å². The molecular weight excluding hydrogens is 396 g/mol. The van der Waals surface area contributed by atoms with Gasteiger partial charge in [-0.05, 0) is 53.6 Å². The van der Waals surface area contributed by atoms with Crippen molar-refractivity contribution in [2.45, 2.75) is 17.7 Å². The summed E-state index contributed by atoms with van der Waals surface area (Å²) in [4.78, 5) is 14.2. The molecule has 6 rings (SSSR count). The molecule has 0 spiro atoms. The first-order valence-corrected chi connectivity index (χ1v) is 11.3. The van der Waals surface area contributed by atoms with Crippen LogP contribution in [0.3, 0.4) is 0 Å². The van der Waals surface area contributed by atoms with E-state index in [0.29, 0.717) is 22.0 Å². The zero-order valence-corrected chi connectivity index (χ0v) is 17.1. The van der Waals surface area contributed by atoms with Crippen LogP contribution in [0.5, 0.6) is 0 Å². The molecule has 5 nitrogen and oxygen atoms in total. The van der Waals surface area contributed by atoms with E-state index in [4.69, 9.17) is 0 Å². The fourth-order valence-corrected chi connectivity index (χ4v) is 6.16. The standard InChI is InChI=1S/C24H18N2O3S/c1-26-20-12-13-21(17-6-3-7-18(23(17)20)24(26)27)30(28,29)25-19-11-10-15-9-8-14-4-2-5-16(19)22(14)15/h2-7,10-13,25H,8-9H2,1H3. The molecule has 1 amide bonds. The second-order valence-electron chi connectivity index (χ2n) is 7.89. The Morgan fingerprint density at radius 2 is 1.57 bits per heavy atom. The summed E-state index contributed by atoms with van der Waals surface area (Å²) in [5.41, 5.74) is 4.36. The molecule has 6 heteroatoms. The lowest BCUT2D eigenvalue weighted by molar-refractivity contribution is 0.0999. The Hall–Kier alpha value is -3.38. The molecule has 0 saturated carbocycles. The van der Waals surface area contributed by atoms with Gasteiger partial charge in [0.1, 0.15) is 0 Å². The number of rotatable bonds is 3. The third-order valence-corrected chi connectivity index (χ3v) is 7.71. The van der Waals surface area contributed by atoms with Crippen LogP contribution in [0.15, 0.2) is 65.6 Å². The summed E-state index contributed by atoms with van der Waals surface area (Å²) in [6.45, 7) is 0. The first-order valence-electron chi connectivity index (χ1n) is 9.86. The normalized spacial score (nSPS) is 14.8. The summed E-state index contributed by atoms with van der Waals surface area (Å²) in [5.74, 6) is -0.120. The summed E-state index contributed by atoms with van der Waals surface area (Å²) < 4.78 is 29.7. The zero-order chi connectivity index (χ0) is 20.6. The van der Waals surface area contributed by atoms with E-state index in [9.17, 15) is 13.2 Å². The number of sulfonamides is 1. The SMILES string of the molecule is CN1C(=O)c2cccc3c(S(=O)(=O)Nc4ccc5c6c(cccc46)CC5)ccc1c23. The van der Waals surface area contributed by atoms with Gasteiger partial charge < -0.3 is 4.90 Å². The molecule has 0 saturated heterocycles. The fourth-order valence-electron chi connectivity index (χ4n) is 4.88. The summed E-state index contributed by atoms with van der Waals surface area (Å²) in [6, 6.07) is 18.4. The van der Waals surface area contributed by atoms with Gasteiger partial charge in [-0.15, -0.1) is 0 Å². The van der Waals surface area contributed by atoms with Crippen molar-refractivity contribution >= 4 is 48.9 Å². The Morgan fingerprint density at radius 3 is 2.40 bits per heavy atom. The molecule has 30 heavy (non-hydrogen) atoms. The predicted octanol–water partition coefficient (Wildman–Crippen LogP) is 4.48. The van der Waals surface area contributed by atoms with Gasteiger partial charge in [-0.1, -0.05) is 36.4 Å². The topological polar surface area (TPSA) is 66.5 Å². The lowest BCUT2D eigenvalue weighted by Gasteiger charge is -2.15. The number of nitrogens with one attached hydrogen (secondary N) is 1. The average molecular weight is 414 g/mol. The maximum absolute atomic E-state index is 13.4. The van der Waals surface area contributed by atoms with E-state index in [-0.39, 0.29) is 10.8 Å². The number of anilines is 2. The first kappa shape index (κ1) is 17.5. The van der Waals surface area contributed by atoms with Crippen molar-refractivity contribution in [2.24, 2.45) is 0 Å². The molecular formula is C24H18N2O3S. The lowest BCUT2D eigenvalue weighted by atomic mass is 10.0. The minimum absolute atomic E-state index is 0.120. The first-order chi connectivity index (χ1) is 14.5. The van der Waals surface area contributed by atoms with Crippen molar-refractivity contribution in [3.8, 4) is 0 Å². The van der Waals surface area contributed by atoms with Crippen LogP contribution >= 0.6 is 0 Å². The number of carbonyl (C=O) groups excluding carboxylic acids is 1. The molecule has 0 unspecified atom stereocenters. The molecule has 0 aromatic heterocycles. The molecule has 0 bridgehead atoms. The second kappa shape index (κ2) is 5.83. The molecule has 0 fully saturated rings. The molecule has 2 aliphatic rings. The van der Waals surface area contributed by atoms with Gasteiger partial charge in [0.05, 0.1) is 16.3 Å². The minimum atomic E-state index is -3.86. The number of carbonyl (C=O) groups is 1. The number of hydrogen-bond acceptors (Lipinski definition) is 3. The molecule has 4 aromatic rings.